The number of nitrogens with zero attached hydrogens (tertiary/aromatic N) is 2. The summed E-state index contributed by atoms with van der Waals surface area (Å²) in [6.07, 6.45) is 0. The number of methoxy groups -OCH3 is 1. The van der Waals surface area contributed by atoms with Gasteiger partial charge in [-0.25, -0.2) is 4.98 Å². The van der Waals surface area contributed by atoms with Crippen molar-refractivity contribution >= 4 is 39.2 Å². The van der Waals surface area contributed by atoms with E-state index in [-0.39, 0.29) is 17.2 Å². The average Bonchev–Trinajstić information content (AvgIpc) is 3.25. The van der Waals surface area contributed by atoms with Crippen LogP contribution >= 0.6 is 23.1 Å². The Morgan fingerprint density at radius 3 is 2.74 bits per heavy atom. The maximum Gasteiger partial charge on any atom is 0.276 e. The quantitative estimate of drug-likeness (QED) is 0.337. The van der Waals surface area contributed by atoms with Crippen molar-refractivity contribution in [3.05, 3.63) is 81.5 Å². The highest BCUT2D eigenvalue weighted by atomic mass is 32.2. The Labute approximate surface area is 187 Å². The topological polar surface area (TPSA) is 73.2 Å². The van der Waals surface area contributed by atoms with Gasteiger partial charge in [-0.1, -0.05) is 36.0 Å². The van der Waals surface area contributed by atoms with Crippen molar-refractivity contribution in [2.24, 2.45) is 0 Å². The molecule has 4 aromatic rings. The zero-order valence-corrected chi connectivity index (χ0v) is 18.8. The first-order valence-electron chi connectivity index (χ1n) is 9.65. The van der Waals surface area contributed by atoms with Crippen molar-refractivity contribution in [1.29, 1.82) is 0 Å². The number of hydrogen-bond donors (Lipinski definition) is 1. The molecule has 1 amide bonds. The molecule has 2 heterocycles. The zero-order chi connectivity index (χ0) is 21.8. The second-order valence-corrected chi connectivity index (χ2v) is 8.78. The molecule has 2 aromatic carbocycles. The predicted octanol–water partition coefficient (Wildman–Crippen LogP) is 4.17. The fourth-order valence-corrected chi connectivity index (χ4v) is 4.71. The van der Waals surface area contributed by atoms with Crippen molar-refractivity contribution in [2.75, 3.05) is 12.9 Å². The second-order valence-electron chi connectivity index (χ2n) is 6.92. The van der Waals surface area contributed by atoms with Crippen LogP contribution in [-0.2, 0) is 11.3 Å². The molecule has 31 heavy (non-hydrogen) atoms. The lowest BCUT2D eigenvalue weighted by atomic mass is 10.2. The highest BCUT2D eigenvalue weighted by molar-refractivity contribution is 7.99. The molecule has 0 aliphatic heterocycles. The SMILES string of the molecule is COc1ccc(CNC(=O)CSc2nc3ccsc3c(=O)n2-c2cccc(C)c2)cc1. The van der Waals surface area contributed by atoms with Crippen molar-refractivity contribution in [3.63, 3.8) is 0 Å². The summed E-state index contributed by atoms with van der Waals surface area (Å²) in [5.74, 6) is 0.801. The van der Waals surface area contributed by atoms with Gasteiger partial charge in [0.2, 0.25) is 5.91 Å². The summed E-state index contributed by atoms with van der Waals surface area (Å²) in [4.78, 5) is 30.2. The molecule has 4 rings (SSSR count). The molecule has 6 nitrogen and oxygen atoms in total. The molecule has 0 fully saturated rings. The molecule has 0 atom stereocenters. The molecule has 158 valence electrons. The molecule has 0 spiro atoms. The molecule has 2 aromatic heterocycles. The molecule has 0 bridgehead atoms. The van der Waals surface area contributed by atoms with Crippen LogP contribution in [0.1, 0.15) is 11.1 Å². The van der Waals surface area contributed by atoms with Gasteiger partial charge in [0.15, 0.2) is 5.16 Å². The Morgan fingerprint density at radius 2 is 2.00 bits per heavy atom. The second kappa shape index (κ2) is 9.36. The van der Waals surface area contributed by atoms with Gasteiger partial charge >= 0.3 is 0 Å². The molecule has 8 heteroatoms. The largest absolute Gasteiger partial charge is 0.497 e. The van der Waals surface area contributed by atoms with E-state index in [1.54, 1.807) is 11.7 Å². The summed E-state index contributed by atoms with van der Waals surface area (Å²) in [6.45, 7) is 2.40. The van der Waals surface area contributed by atoms with Crippen LogP contribution in [0.4, 0.5) is 0 Å². The first-order valence-corrected chi connectivity index (χ1v) is 11.5. The van der Waals surface area contributed by atoms with Crippen LogP contribution in [0.2, 0.25) is 0 Å². The van der Waals surface area contributed by atoms with Crippen LogP contribution in [0, 0.1) is 6.92 Å². The van der Waals surface area contributed by atoms with Gasteiger partial charge in [0.25, 0.3) is 5.56 Å². The number of fused-ring (bicyclic) bond motifs is 1. The van der Waals surface area contributed by atoms with E-state index < -0.39 is 0 Å². The van der Waals surface area contributed by atoms with E-state index in [4.69, 9.17) is 4.74 Å². The minimum Gasteiger partial charge on any atom is -0.497 e. The maximum absolute atomic E-state index is 13.1. The molecule has 1 N–H and O–H groups in total. The first-order chi connectivity index (χ1) is 15.0. The summed E-state index contributed by atoms with van der Waals surface area (Å²) in [6, 6.07) is 17.1. The number of amides is 1. The number of aromatic nitrogens is 2. The molecule has 0 saturated heterocycles. The summed E-state index contributed by atoms with van der Waals surface area (Å²) in [5, 5.41) is 5.27. The maximum atomic E-state index is 13.1. The number of carbonyl (C=O) groups is 1. The number of thioether (sulfide) groups is 1. The van der Waals surface area contributed by atoms with E-state index in [0.29, 0.717) is 21.9 Å². The van der Waals surface area contributed by atoms with E-state index in [2.05, 4.69) is 10.3 Å². The lowest BCUT2D eigenvalue weighted by Gasteiger charge is -2.12. The average molecular weight is 452 g/mol. The van der Waals surface area contributed by atoms with Crippen molar-refractivity contribution < 1.29 is 9.53 Å². The Hall–Kier alpha value is -3.10. The molecule has 0 unspecified atom stereocenters. The molecule has 0 aliphatic rings. The number of nitrogens with one attached hydrogen (secondary N) is 1. The van der Waals surface area contributed by atoms with E-state index >= 15 is 0 Å². The lowest BCUT2D eigenvalue weighted by molar-refractivity contribution is -0.118. The standard InChI is InChI=1S/C23H21N3O3S2/c1-15-4-3-5-17(12-15)26-22(28)21-19(10-11-30-21)25-23(26)31-14-20(27)24-13-16-6-8-18(29-2)9-7-16/h3-12H,13-14H2,1-2H3,(H,24,27). The zero-order valence-electron chi connectivity index (χ0n) is 17.1. The van der Waals surface area contributed by atoms with Gasteiger partial charge in [-0.3, -0.25) is 14.2 Å². The highest BCUT2D eigenvalue weighted by Gasteiger charge is 2.15. The number of hydrogen-bond acceptors (Lipinski definition) is 6. The van der Waals surface area contributed by atoms with Gasteiger partial charge < -0.3 is 10.1 Å². The van der Waals surface area contributed by atoms with Crippen LogP contribution in [0.15, 0.2) is 69.9 Å². The smallest absolute Gasteiger partial charge is 0.276 e. The van der Waals surface area contributed by atoms with Gasteiger partial charge in [-0.2, -0.15) is 0 Å². The first kappa shape index (κ1) is 21.1. The fourth-order valence-electron chi connectivity index (χ4n) is 3.11. The highest BCUT2D eigenvalue weighted by Crippen LogP contribution is 2.24. The van der Waals surface area contributed by atoms with Crippen LogP contribution in [0.5, 0.6) is 5.75 Å². The Bertz CT molecular complexity index is 1280. The molecular formula is C23H21N3O3S2. The number of carbonyl (C=O) groups excluding carboxylic acids is 1. The Kier molecular flexibility index (Phi) is 6.39. The fraction of sp³-hybridized carbons (Fsp3) is 0.174. The van der Waals surface area contributed by atoms with Crippen molar-refractivity contribution in [1.82, 2.24) is 14.9 Å². The molecule has 0 aliphatic carbocycles. The third-order valence-electron chi connectivity index (χ3n) is 4.69. The van der Waals surface area contributed by atoms with E-state index in [0.717, 1.165) is 22.6 Å². The third kappa shape index (κ3) is 4.81. The Morgan fingerprint density at radius 1 is 1.19 bits per heavy atom. The minimum atomic E-state index is -0.128. The third-order valence-corrected chi connectivity index (χ3v) is 6.52. The van der Waals surface area contributed by atoms with Gasteiger partial charge in [0.05, 0.1) is 24.1 Å². The normalized spacial score (nSPS) is 10.9. The molecule has 0 radical (unpaired) electrons. The van der Waals surface area contributed by atoms with Gasteiger partial charge in [-0.05, 0) is 53.8 Å². The lowest BCUT2D eigenvalue weighted by Crippen LogP contribution is -2.26. The van der Waals surface area contributed by atoms with E-state index in [9.17, 15) is 9.59 Å². The number of benzene rings is 2. The van der Waals surface area contributed by atoms with Crippen LogP contribution in [0.3, 0.4) is 0 Å². The summed E-state index contributed by atoms with van der Waals surface area (Å²) in [7, 11) is 1.62. The molecule has 0 saturated carbocycles. The summed E-state index contributed by atoms with van der Waals surface area (Å²) >= 11 is 2.63. The van der Waals surface area contributed by atoms with Crippen molar-refractivity contribution in [3.8, 4) is 11.4 Å². The number of rotatable bonds is 7. The summed E-state index contributed by atoms with van der Waals surface area (Å²) < 4.78 is 7.34. The Balaban J connectivity index is 1.52. The van der Waals surface area contributed by atoms with Gasteiger partial charge in [-0.15, -0.1) is 11.3 Å². The number of ether oxygens (including phenoxy) is 1. The molecular weight excluding hydrogens is 430 g/mol. The van der Waals surface area contributed by atoms with E-state index in [1.807, 2.05) is 66.9 Å². The number of aryl methyl sites for hydroxylation is 1. The minimum absolute atomic E-state index is 0.119. The van der Waals surface area contributed by atoms with Crippen molar-refractivity contribution in [2.45, 2.75) is 18.6 Å². The van der Waals surface area contributed by atoms with Gasteiger partial charge in [0.1, 0.15) is 10.4 Å². The number of thiophene rings is 1. The van der Waals surface area contributed by atoms with Crippen LogP contribution in [0.25, 0.3) is 15.9 Å². The predicted molar refractivity (Wildman–Crippen MR) is 126 cm³/mol. The summed E-state index contributed by atoms with van der Waals surface area (Å²) in [5.41, 5.74) is 3.30. The van der Waals surface area contributed by atoms with Crippen LogP contribution < -0.4 is 15.6 Å². The van der Waals surface area contributed by atoms with Gasteiger partial charge in [0, 0.05) is 6.54 Å². The monoisotopic (exact) mass is 451 g/mol. The van der Waals surface area contributed by atoms with E-state index in [1.165, 1.54) is 23.1 Å². The van der Waals surface area contributed by atoms with Crippen LogP contribution in [-0.4, -0.2) is 28.3 Å².